The lowest BCUT2D eigenvalue weighted by Crippen LogP contribution is -2.65. The lowest BCUT2D eigenvalue weighted by Gasteiger charge is -2.69. The van der Waals surface area contributed by atoms with E-state index in [-0.39, 0.29) is 28.9 Å². The Balaban J connectivity index is 1.34. The van der Waals surface area contributed by atoms with E-state index >= 15 is 0 Å². The standard InChI is InChI=1S/C32H38N6O5/c1-30(2,3)26-25(28(40)33-20-9-10-23(20)42-4)38-27(35-26)21(34-29(41)43-5)13-24(36-38)37-12-11-18-19(7-6-8-22(18)37)32-14-31(15-32,16-32)17-39/h6-8,13,17,20,23H,9-12,14-16H2,1-5H3,(H,33,40)(H,34,41)/t20-,23-,31?,32?/m1/s1. The smallest absolute Gasteiger partial charge is 0.411 e. The predicted octanol–water partition coefficient (Wildman–Crippen LogP) is 4.43. The first-order valence-corrected chi connectivity index (χ1v) is 15.0. The van der Waals surface area contributed by atoms with Gasteiger partial charge in [0.05, 0.1) is 30.6 Å². The number of hydrogen-bond donors (Lipinski definition) is 2. The van der Waals surface area contributed by atoms with Crippen LogP contribution in [0, 0.1) is 5.41 Å². The third-order valence-electron chi connectivity index (χ3n) is 9.95. The summed E-state index contributed by atoms with van der Waals surface area (Å²) in [4.78, 5) is 45.0. The number of ether oxygens (including phenoxy) is 2. The van der Waals surface area contributed by atoms with Gasteiger partial charge in [0.1, 0.15) is 6.29 Å². The molecule has 3 heterocycles. The number of nitrogens with one attached hydrogen (secondary N) is 2. The zero-order chi connectivity index (χ0) is 30.3. The summed E-state index contributed by atoms with van der Waals surface area (Å²) in [5, 5.41) is 10.9. The fourth-order valence-corrected chi connectivity index (χ4v) is 7.72. The average Bonchev–Trinajstić information content (AvgIpc) is 3.53. The molecule has 226 valence electrons. The predicted molar refractivity (Wildman–Crippen MR) is 160 cm³/mol. The minimum absolute atomic E-state index is 0.0286. The number of amides is 2. The molecule has 5 aliphatic rings. The van der Waals surface area contributed by atoms with Gasteiger partial charge in [-0.3, -0.25) is 10.1 Å². The van der Waals surface area contributed by atoms with Gasteiger partial charge in [0.15, 0.2) is 17.2 Å². The van der Waals surface area contributed by atoms with Gasteiger partial charge in [-0.2, -0.15) is 0 Å². The highest BCUT2D eigenvalue weighted by Crippen LogP contribution is 2.73. The molecule has 2 aromatic heterocycles. The summed E-state index contributed by atoms with van der Waals surface area (Å²) >= 11 is 0. The normalized spacial score (nSPS) is 27.0. The molecule has 4 saturated carbocycles. The third-order valence-corrected chi connectivity index (χ3v) is 9.95. The topological polar surface area (TPSA) is 127 Å². The number of carbonyl (C=O) groups is 3. The number of nitrogens with zero attached hydrogens (tertiary/aromatic N) is 4. The highest BCUT2D eigenvalue weighted by atomic mass is 16.5. The van der Waals surface area contributed by atoms with Gasteiger partial charge >= 0.3 is 6.09 Å². The third kappa shape index (κ3) is 4.15. The Bertz CT molecular complexity index is 1650. The van der Waals surface area contributed by atoms with Crippen LogP contribution in [0.3, 0.4) is 0 Å². The summed E-state index contributed by atoms with van der Waals surface area (Å²) < 4.78 is 12.0. The summed E-state index contributed by atoms with van der Waals surface area (Å²) in [5.74, 6) is 0.303. The Morgan fingerprint density at radius 3 is 2.53 bits per heavy atom. The van der Waals surface area contributed by atoms with Crippen molar-refractivity contribution in [3.05, 3.63) is 46.8 Å². The molecule has 0 spiro atoms. The van der Waals surface area contributed by atoms with Gasteiger partial charge in [0.2, 0.25) is 0 Å². The molecule has 4 fully saturated rings. The Morgan fingerprint density at radius 1 is 1.14 bits per heavy atom. The fourth-order valence-electron chi connectivity index (χ4n) is 7.72. The number of carbonyl (C=O) groups excluding carboxylic acids is 3. The van der Waals surface area contributed by atoms with Crippen molar-refractivity contribution in [2.75, 3.05) is 31.0 Å². The summed E-state index contributed by atoms with van der Waals surface area (Å²) in [5.41, 5.74) is 4.82. The van der Waals surface area contributed by atoms with Crippen molar-refractivity contribution in [1.29, 1.82) is 0 Å². The van der Waals surface area contributed by atoms with Gasteiger partial charge in [-0.1, -0.05) is 32.9 Å². The quantitative estimate of drug-likeness (QED) is 0.390. The maximum Gasteiger partial charge on any atom is 0.411 e. The number of hydrogen-bond acceptors (Lipinski definition) is 8. The average molecular weight is 587 g/mol. The molecule has 11 nitrogen and oxygen atoms in total. The van der Waals surface area contributed by atoms with Crippen LogP contribution in [0.4, 0.5) is 22.0 Å². The van der Waals surface area contributed by atoms with Crippen molar-refractivity contribution < 1.29 is 23.9 Å². The van der Waals surface area contributed by atoms with E-state index in [9.17, 15) is 14.4 Å². The van der Waals surface area contributed by atoms with Crippen LogP contribution in [0.15, 0.2) is 24.3 Å². The van der Waals surface area contributed by atoms with E-state index in [1.54, 1.807) is 17.7 Å². The molecule has 3 aromatic rings. The lowest BCUT2D eigenvalue weighted by molar-refractivity contribution is -0.159. The van der Waals surface area contributed by atoms with Gasteiger partial charge in [-0.25, -0.2) is 14.3 Å². The molecule has 4 aliphatic carbocycles. The van der Waals surface area contributed by atoms with Gasteiger partial charge in [-0.15, -0.1) is 5.10 Å². The Morgan fingerprint density at radius 2 is 1.91 bits per heavy atom. The largest absolute Gasteiger partial charge is 0.453 e. The highest BCUT2D eigenvalue weighted by Gasteiger charge is 2.69. The van der Waals surface area contributed by atoms with Crippen molar-refractivity contribution in [3.63, 3.8) is 0 Å². The maximum absolute atomic E-state index is 13.9. The number of fused-ring (bicyclic) bond motifs is 2. The molecule has 2 bridgehead atoms. The number of benzene rings is 1. The Labute approximate surface area is 250 Å². The van der Waals surface area contributed by atoms with E-state index in [0.29, 0.717) is 35.1 Å². The summed E-state index contributed by atoms with van der Waals surface area (Å²) in [6.45, 7) is 6.69. The van der Waals surface area contributed by atoms with E-state index in [1.165, 1.54) is 18.2 Å². The lowest BCUT2D eigenvalue weighted by atomic mass is 9.34. The summed E-state index contributed by atoms with van der Waals surface area (Å²) in [6.07, 6.45) is 5.81. The molecule has 1 aliphatic heterocycles. The first kappa shape index (κ1) is 27.8. The molecule has 2 N–H and O–H groups in total. The van der Waals surface area contributed by atoms with Crippen molar-refractivity contribution >= 4 is 41.1 Å². The van der Waals surface area contributed by atoms with Gasteiger partial charge in [-0.05, 0) is 61.1 Å². The number of aromatic nitrogens is 3. The van der Waals surface area contributed by atoms with Gasteiger partial charge in [0.25, 0.3) is 5.91 Å². The summed E-state index contributed by atoms with van der Waals surface area (Å²) in [6, 6.07) is 8.08. The first-order chi connectivity index (χ1) is 20.5. The number of imidazole rings is 1. The van der Waals surface area contributed by atoms with Crippen LogP contribution >= 0.6 is 0 Å². The second-order valence-corrected chi connectivity index (χ2v) is 13.8. The van der Waals surface area contributed by atoms with E-state index in [2.05, 4.69) is 33.7 Å². The van der Waals surface area contributed by atoms with Crippen LogP contribution in [-0.4, -0.2) is 65.8 Å². The minimum Gasteiger partial charge on any atom is -0.453 e. The van der Waals surface area contributed by atoms with Gasteiger partial charge in [0, 0.05) is 36.2 Å². The van der Waals surface area contributed by atoms with E-state index < -0.39 is 11.5 Å². The molecular formula is C32H38N6O5. The van der Waals surface area contributed by atoms with E-state index in [0.717, 1.165) is 50.5 Å². The molecule has 1 aromatic carbocycles. The number of aldehydes is 1. The molecule has 2 atom stereocenters. The van der Waals surface area contributed by atoms with Gasteiger partial charge < -0.3 is 24.5 Å². The molecular weight excluding hydrogens is 548 g/mol. The molecule has 0 radical (unpaired) electrons. The monoisotopic (exact) mass is 586 g/mol. The van der Waals surface area contributed by atoms with Crippen molar-refractivity contribution in [2.24, 2.45) is 5.41 Å². The molecule has 0 unspecified atom stereocenters. The maximum atomic E-state index is 13.9. The second kappa shape index (κ2) is 9.51. The molecule has 8 rings (SSSR count). The van der Waals surface area contributed by atoms with Crippen molar-refractivity contribution in [1.82, 2.24) is 19.9 Å². The van der Waals surface area contributed by atoms with E-state index in [1.807, 2.05) is 20.8 Å². The highest BCUT2D eigenvalue weighted by molar-refractivity contribution is 5.97. The summed E-state index contributed by atoms with van der Waals surface area (Å²) in [7, 11) is 2.96. The molecule has 11 heteroatoms. The minimum atomic E-state index is -0.639. The van der Waals surface area contributed by atoms with Crippen LogP contribution in [-0.2, 0) is 31.5 Å². The number of methoxy groups -OCH3 is 2. The zero-order valence-electron chi connectivity index (χ0n) is 25.3. The SMILES string of the molecule is COC(=O)Nc1cc(N2CCc3c2cccc3C23CC(C=O)(C2)C3)nn2c(C(=O)N[C@@H]3CC[C@H]3OC)c(C(C)(C)C)nc12. The fraction of sp³-hybridized carbons (Fsp3) is 0.531. The van der Waals surface area contributed by atoms with Crippen LogP contribution in [0.2, 0.25) is 0 Å². The molecule has 0 saturated heterocycles. The van der Waals surface area contributed by atoms with Crippen LogP contribution in [0.1, 0.15) is 80.2 Å². The Kier molecular flexibility index (Phi) is 6.15. The number of rotatable bonds is 7. The van der Waals surface area contributed by atoms with Crippen molar-refractivity contribution in [3.8, 4) is 0 Å². The molecule has 43 heavy (non-hydrogen) atoms. The van der Waals surface area contributed by atoms with Crippen LogP contribution in [0.5, 0.6) is 0 Å². The van der Waals surface area contributed by atoms with Crippen LogP contribution < -0.4 is 15.5 Å². The number of anilines is 3. The van der Waals surface area contributed by atoms with E-state index in [4.69, 9.17) is 19.6 Å². The van der Waals surface area contributed by atoms with Crippen molar-refractivity contribution in [2.45, 2.75) is 82.3 Å². The molecule has 2 amide bonds. The second-order valence-electron chi connectivity index (χ2n) is 13.8. The first-order valence-electron chi connectivity index (χ1n) is 15.0. The van der Waals surface area contributed by atoms with Crippen LogP contribution in [0.25, 0.3) is 5.65 Å². The zero-order valence-corrected chi connectivity index (χ0v) is 25.3. The Hall–Kier alpha value is -3.99.